The van der Waals surface area contributed by atoms with Crippen LogP contribution in [-0.4, -0.2) is 34.0 Å². The molecule has 1 aliphatic heterocycles. The smallest absolute Gasteiger partial charge is 0.330 e. The van der Waals surface area contributed by atoms with Crippen molar-refractivity contribution in [2.45, 2.75) is 25.3 Å². The fourth-order valence-corrected chi connectivity index (χ4v) is 4.19. The zero-order chi connectivity index (χ0) is 13.2. The molecule has 1 amide bonds. The number of carbonyl (C=O) groups excluding carboxylic acids is 1. The Morgan fingerprint density at radius 2 is 2.33 bits per heavy atom. The van der Waals surface area contributed by atoms with E-state index < -0.39 is 11.5 Å². The highest BCUT2D eigenvalue weighted by atomic mass is 32.2. The van der Waals surface area contributed by atoms with Crippen LogP contribution in [0.25, 0.3) is 0 Å². The molecule has 1 aromatic heterocycles. The van der Waals surface area contributed by atoms with E-state index in [9.17, 15) is 14.7 Å². The molecule has 1 aliphatic rings. The number of nitrogens with one attached hydrogen (secondary N) is 1. The van der Waals surface area contributed by atoms with Gasteiger partial charge < -0.3 is 10.4 Å². The van der Waals surface area contributed by atoms with E-state index in [1.807, 2.05) is 18.4 Å². The van der Waals surface area contributed by atoms with Gasteiger partial charge in [-0.25, -0.2) is 4.79 Å². The Labute approximate surface area is 114 Å². The summed E-state index contributed by atoms with van der Waals surface area (Å²) in [5.41, 5.74) is -0.111. The Bertz CT molecular complexity index is 464. The molecule has 1 fully saturated rings. The van der Waals surface area contributed by atoms with Gasteiger partial charge in [0, 0.05) is 5.75 Å². The van der Waals surface area contributed by atoms with Gasteiger partial charge in [0.1, 0.15) is 5.54 Å². The number of aryl methyl sites for hydroxylation is 1. The number of hydrogen-bond donors (Lipinski definition) is 2. The van der Waals surface area contributed by atoms with Crippen molar-refractivity contribution in [3.8, 4) is 0 Å². The number of rotatable bonds is 4. The van der Waals surface area contributed by atoms with E-state index in [-0.39, 0.29) is 5.91 Å². The molecule has 18 heavy (non-hydrogen) atoms. The predicted molar refractivity (Wildman–Crippen MR) is 73.5 cm³/mol. The molecule has 2 heterocycles. The zero-order valence-electron chi connectivity index (χ0n) is 10.1. The molecule has 0 spiro atoms. The molecule has 98 valence electrons. The van der Waals surface area contributed by atoms with Crippen molar-refractivity contribution in [2.75, 3.05) is 11.5 Å². The first-order valence-electron chi connectivity index (χ1n) is 5.79. The van der Waals surface area contributed by atoms with E-state index >= 15 is 0 Å². The Hall–Kier alpha value is -1.01. The van der Waals surface area contributed by atoms with Crippen LogP contribution in [0, 0.1) is 0 Å². The van der Waals surface area contributed by atoms with Crippen molar-refractivity contribution in [1.29, 1.82) is 0 Å². The van der Waals surface area contributed by atoms with Crippen LogP contribution in [0.4, 0.5) is 0 Å². The fraction of sp³-hybridized carbons (Fsp3) is 0.500. The first-order valence-corrected chi connectivity index (χ1v) is 7.82. The molecule has 2 rings (SSSR count). The summed E-state index contributed by atoms with van der Waals surface area (Å²) in [5, 5.41) is 13.9. The SMILES string of the molecule is CCc1ccsc1C(=O)N[C@@]1(C(=O)O)CCSC1. The molecule has 0 saturated carbocycles. The maximum Gasteiger partial charge on any atom is 0.330 e. The van der Waals surface area contributed by atoms with Crippen LogP contribution < -0.4 is 5.32 Å². The van der Waals surface area contributed by atoms with Crippen LogP contribution in [0.1, 0.15) is 28.6 Å². The van der Waals surface area contributed by atoms with Gasteiger partial charge in [-0.2, -0.15) is 11.8 Å². The van der Waals surface area contributed by atoms with Gasteiger partial charge in [-0.15, -0.1) is 11.3 Å². The van der Waals surface area contributed by atoms with Crippen molar-refractivity contribution < 1.29 is 14.7 Å². The third-order valence-corrected chi connectivity index (χ3v) is 5.26. The highest BCUT2D eigenvalue weighted by Gasteiger charge is 2.43. The van der Waals surface area contributed by atoms with Crippen LogP contribution in [0.15, 0.2) is 11.4 Å². The van der Waals surface area contributed by atoms with Crippen molar-refractivity contribution in [1.82, 2.24) is 5.32 Å². The second-order valence-electron chi connectivity index (χ2n) is 4.27. The average Bonchev–Trinajstić information content (AvgIpc) is 2.97. The maximum absolute atomic E-state index is 12.2. The van der Waals surface area contributed by atoms with Gasteiger partial charge in [0.15, 0.2) is 0 Å². The zero-order valence-corrected chi connectivity index (χ0v) is 11.7. The summed E-state index contributed by atoms with van der Waals surface area (Å²) in [6.07, 6.45) is 1.27. The number of aliphatic carboxylic acids is 1. The summed E-state index contributed by atoms with van der Waals surface area (Å²) in [5.74, 6) is 0.0284. The number of carboxylic acids is 1. The number of thioether (sulfide) groups is 1. The van der Waals surface area contributed by atoms with Gasteiger partial charge in [0.2, 0.25) is 0 Å². The van der Waals surface area contributed by atoms with Crippen LogP contribution in [-0.2, 0) is 11.2 Å². The molecule has 0 radical (unpaired) electrons. The number of carbonyl (C=O) groups is 2. The van der Waals surface area contributed by atoms with Crippen LogP contribution in [0.5, 0.6) is 0 Å². The third-order valence-electron chi connectivity index (χ3n) is 3.12. The van der Waals surface area contributed by atoms with Gasteiger partial charge in [-0.3, -0.25) is 4.79 Å². The minimum atomic E-state index is -1.09. The first-order chi connectivity index (χ1) is 8.59. The average molecular weight is 285 g/mol. The molecule has 1 atom stereocenters. The number of hydrogen-bond acceptors (Lipinski definition) is 4. The number of thiophene rings is 1. The molecule has 0 aromatic carbocycles. The fourth-order valence-electron chi connectivity index (χ4n) is 1.97. The largest absolute Gasteiger partial charge is 0.479 e. The lowest BCUT2D eigenvalue weighted by molar-refractivity contribution is -0.143. The second kappa shape index (κ2) is 5.32. The lowest BCUT2D eigenvalue weighted by Crippen LogP contribution is -2.54. The Morgan fingerprint density at radius 3 is 2.89 bits per heavy atom. The molecule has 1 aromatic rings. The van der Waals surface area contributed by atoms with Gasteiger partial charge in [0.25, 0.3) is 5.91 Å². The molecule has 0 aliphatic carbocycles. The Kier molecular flexibility index (Phi) is 3.97. The van der Waals surface area contributed by atoms with E-state index in [2.05, 4.69) is 5.32 Å². The summed E-state index contributed by atoms with van der Waals surface area (Å²) in [6.45, 7) is 1.98. The molecule has 1 saturated heterocycles. The maximum atomic E-state index is 12.2. The minimum Gasteiger partial charge on any atom is -0.479 e. The summed E-state index contributed by atoms with van der Waals surface area (Å²) in [6, 6.07) is 1.91. The highest BCUT2D eigenvalue weighted by molar-refractivity contribution is 7.99. The number of carboxylic acid groups (broad SMARTS) is 1. The minimum absolute atomic E-state index is 0.258. The molecule has 2 N–H and O–H groups in total. The molecule has 6 heteroatoms. The molecule has 0 unspecified atom stereocenters. The van der Waals surface area contributed by atoms with E-state index in [1.165, 1.54) is 11.3 Å². The summed E-state index contributed by atoms with van der Waals surface area (Å²) >= 11 is 2.93. The topological polar surface area (TPSA) is 66.4 Å². The molecule has 0 bridgehead atoms. The van der Waals surface area contributed by atoms with E-state index in [4.69, 9.17) is 0 Å². The second-order valence-corrected chi connectivity index (χ2v) is 6.29. The summed E-state index contributed by atoms with van der Waals surface area (Å²) < 4.78 is 0. The van der Waals surface area contributed by atoms with Crippen molar-refractivity contribution in [3.05, 3.63) is 21.9 Å². The molecule has 4 nitrogen and oxygen atoms in total. The monoisotopic (exact) mass is 285 g/mol. The Balaban J connectivity index is 2.18. The van der Waals surface area contributed by atoms with Crippen molar-refractivity contribution in [3.63, 3.8) is 0 Å². The lowest BCUT2D eigenvalue weighted by Gasteiger charge is -2.24. The van der Waals surface area contributed by atoms with Crippen LogP contribution in [0.2, 0.25) is 0 Å². The van der Waals surface area contributed by atoms with Gasteiger partial charge >= 0.3 is 5.97 Å². The van der Waals surface area contributed by atoms with Crippen molar-refractivity contribution in [2.24, 2.45) is 0 Å². The summed E-state index contributed by atoms with van der Waals surface area (Å²) in [7, 11) is 0. The van der Waals surface area contributed by atoms with E-state index in [0.717, 1.165) is 17.7 Å². The quantitative estimate of drug-likeness (QED) is 0.888. The highest BCUT2D eigenvalue weighted by Crippen LogP contribution is 2.29. The number of amides is 1. The predicted octanol–water partition coefficient (Wildman–Crippen LogP) is 2.00. The first kappa shape index (κ1) is 13.4. The lowest BCUT2D eigenvalue weighted by atomic mass is 9.99. The van der Waals surface area contributed by atoms with Crippen molar-refractivity contribution >= 4 is 35.0 Å². The normalized spacial score (nSPS) is 22.9. The molecular weight excluding hydrogens is 270 g/mol. The van der Waals surface area contributed by atoms with Crippen LogP contribution in [0.3, 0.4) is 0 Å². The summed E-state index contributed by atoms with van der Waals surface area (Å²) in [4.78, 5) is 24.2. The molecular formula is C12H15NO3S2. The Morgan fingerprint density at radius 1 is 1.56 bits per heavy atom. The van der Waals surface area contributed by atoms with Gasteiger partial charge in [-0.05, 0) is 35.6 Å². The van der Waals surface area contributed by atoms with Gasteiger partial charge in [-0.1, -0.05) is 6.92 Å². The third kappa shape index (κ3) is 2.40. The van der Waals surface area contributed by atoms with Crippen LogP contribution >= 0.6 is 23.1 Å². The van der Waals surface area contributed by atoms with E-state index in [1.54, 1.807) is 11.8 Å². The van der Waals surface area contributed by atoms with E-state index in [0.29, 0.717) is 17.1 Å². The van der Waals surface area contributed by atoms with Gasteiger partial charge in [0.05, 0.1) is 4.88 Å². The standard InChI is InChI=1S/C12H15NO3S2/c1-2-8-3-5-18-9(8)10(14)13-12(11(15)16)4-6-17-7-12/h3,5H,2,4,6-7H2,1H3,(H,13,14)(H,15,16)/t12-/m0/s1.